The summed E-state index contributed by atoms with van der Waals surface area (Å²) in [5.41, 5.74) is 6.09. The van der Waals surface area contributed by atoms with Crippen molar-refractivity contribution in [3.05, 3.63) is 30.4 Å². The van der Waals surface area contributed by atoms with Gasteiger partial charge in [-0.25, -0.2) is 4.98 Å². The van der Waals surface area contributed by atoms with Crippen LogP contribution in [0.5, 0.6) is 5.88 Å². The van der Waals surface area contributed by atoms with Gasteiger partial charge in [-0.05, 0) is 32.9 Å². The predicted octanol–water partition coefficient (Wildman–Crippen LogP) is 2.22. The number of imidazole rings is 1. The monoisotopic (exact) mass is 275 g/mol. The molecule has 0 atom stereocenters. The van der Waals surface area contributed by atoms with E-state index in [9.17, 15) is 0 Å². The van der Waals surface area contributed by atoms with E-state index in [1.54, 1.807) is 12.3 Å². The molecule has 6 heteroatoms. The topological polar surface area (TPSA) is 88.8 Å². The fraction of sp³-hybridized carbons (Fsp3) is 0.429. The molecule has 0 saturated carbocycles. The average Bonchev–Trinajstić information content (AvgIpc) is 2.84. The second kappa shape index (κ2) is 5.81. The lowest BCUT2D eigenvalue weighted by atomic mass is 10.2. The zero-order valence-corrected chi connectivity index (χ0v) is 12.1. The summed E-state index contributed by atoms with van der Waals surface area (Å²) in [5, 5.41) is 3.23. The van der Waals surface area contributed by atoms with Gasteiger partial charge in [0.05, 0.1) is 5.69 Å². The van der Waals surface area contributed by atoms with E-state index in [0.717, 1.165) is 24.6 Å². The number of nitrogen functional groups attached to an aromatic ring is 1. The molecule has 20 heavy (non-hydrogen) atoms. The lowest BCUT2D eigenvalue weighted by Crippen LogP contribution is -2.24. The molecule has 0 spiro atoms. The number of nitrogens with one attached hydrogen (secondary N) is 2. The van der Waals surface area contributed by atoms with Gasteiger partial charge in [-0.2, -0.15) is 4.98 Å². The number of hydrogen-bond acceptors (Lipinski definition) is 5. The second-order valence-corrected chi connectivity index (χ2v) is 5.52. The third kappa shape index (κ3) is 4.15. The van der Waals surface area contributed by atoms with Crippen molar-refractivity contribution in [2.75, 3.05) is 17.6 Å². The molecule has 0 aliphatic carbocycles. The maximum Gasteiger partial charge on any atom is 0.239 e. The Hall–Kier alpha value is -2.24. The van der Waals surface area contributed by atoms with Gasteiger partial charge in [-0.1, -0.05) is 0 Å². The van der Waals surface area contributed by atoms with E-state index in [2.05, 4.69) is 20.3 Å². The number of anilines is 2. The molecule has 4 N–H and O–H groups in total. The van der Waals surface area contributed by atoms with Crippen LogP contribution in [0.15, 0.2) is 24.5 Å². The van der Waals surface area contributed by atoms with Gasteiger partial charge in [-0.3, -0.25) is 0 Å². The van der Waals surface area contributed by atoms with E-state index >= 15 is 0 Å². The molecule has 0 aliphatic rings. The predicted molar refractivity (Wildman–Crippen MR) is 79.8 cm³/mol. The minimum Gasteiger partial charge on any atom is -0.470 e. The Morgan fingerprint density at radius 3 is 2.80 bits per heavy atom. The van der Waals surface area contributed by atoms with Gasteiger partial charge in [-0.15, -0.1) is 0 Å². The van der Waals surface area contributed by atoms with Crippen molar-refractivity contribution in [3.63, 3.8) is 0 Å². The maximum atomic E-state index is 5.87. The Bertz CT molecular complexity index is 545. The fourth-order valence-electron chi connectivity index (χ4n) is 1.67. The summed E-state index contributed by atoms with van der Waals surface area (Å²) >= 11 is 0. The molecular weight excluding hydrogens is 254 g/mol. The minimum atomic E-state index is -0.325. The molecule has 6 nitrogen and oxygen atoms in total. The van der Waals surface area contributed by atoms with Crippen molar-refractivity contribution >= 4 is 11.5 Å². The van der Waals surface area contributed by atoms with Gasteiger partial charge in [0.15, 0.2) is 0 Å². The van der Waals surface area contributed by atoms with Crippen molar-refractivity contribution in [3.8, 4) is 5.88 Å². The first-order valence-electron chi connectivity index (χ1n) is 6.62. The highest BCUT2D eigenvalue weighted by Gasteiger charge is 2.15. The number of pyridine rings is 1. The van der Waals surface area contributed by atoms with E-state index in [1.807, 2.05) is 33.0 Å². The molecular formula is C14H21N5O. The number of nitrogens with zero attached hydrogens (tertiary/aromatic N) is 2. The SMILES string of the molecule is CC(C)(C)Oc1nc(NCCc2ncc[nH]2)ccc1N. The van der Waals surface area contributed by atoms with E-state index in [-0.39, 0.29) is 5.60 Å². The maximum absolute atomic E-state index is 5.87. The van der Waals surface area contributed by atoms with Crippen molar-refractivity contribution in [1.29, 1.82) is 0 Å². The normalized spacial score (nSPS) is 11.3. The van der Waals surface area contributed by atoms with Crippen molar-refractivity contribution in [2.45, 2.75) is 32.8 Å². The number of H-pyrrole nitrogens is 1. The molecule has 2 aromatic rings. The van der Waals surface area contributed by atoms with Crippen LogP contribution in [0.2, 0.25) is 0 Å². The summed E-state index contributed by atoms with van der Waals surface area (Å²) in [5.74, 6) is 2.14. The van der Waals surface area contributed by atoms with E-state index in [1.165, 1.54) is 0 Å². The van der Waals surface area contributed by atoms with Crippen molar-refractivity contribution in [2.24, 2.45) is 0 Å². The van der Waals surface area contributed by atoms with Crippen LogP contribution in [0.1, 0.15) is 26.6 Å². The van der Waals surface area contributed by atoms with Crippen LogP contribution in [0.25, 0.3) is 0 Å². The van der Waals surface area contributed by atoms with E-state index in [4.69, 9.17) is 10.5 Å². The van der Waals surface area contributed by atoms with Crippen molar-refractivity contribution < 1.29 is 4.74 Å². The Kier molecular flexibility index (Phi) is 4.12. The molecule has 2 rings (SSSR count). The quantitative estimate of drug-likeness (QED) is 0.778. The highest BCUT2D eigenvalue weighted by atomic mass is 16.5. The highest BCUT2D eigenvalue weighted by molar-refractivity contribution is 5.53. The van der Waals surface area contributed by atoms with Gasteiger partial charge in [0.1, 0.15) is 17.2 Å². The van der Waals surface area contributed by atoms with E-state index in [0.29, 0.717) is 11.6 Å². The van der Waals surface area contributed by atoms with Crippen LogP contribution < -0.4 is 15.8 Å². The highest BCUT2D eigenvalue weighted by Crippen LogP contribution is 2.24. The lowest BCUT2D eigenvalue weighted by Gasteiger charge is -2.21. The molecule has 108 valence electrons. The van der Waals surface area contributed by atoms with Crippen molar-refractivity contribution in [1.82, 2.24) is 15.0 Å². The molecule has 0 radical (unpaired) electrons. The van der Waals surface area contributed by atoms with Gasteiger partial charge < -0.3 is 20.8 Å². The molecule has 0 unspecified atom stereocenters. The molecule has 2 aromatic heterocycles. The molecule has 0 aliphatic heterocycles. The van der Waals surface area contributed by atoms with Crippen LogP contribution in [-0.4, -0.2) is 27.1 Å². The molecule has 0 fully saturated rings. The summed E-state index contributed by atoms with van der Waals surface area (Å²) in [6, 6.07) is 3.64. The first kappa shape index (κ1) is 14.2. The summed E-state index contributed by atoms with van der Waals surface area (Å²) < 4.78 is 5.73. The molecule has 0 aromatic carbocycles. The second-order valence-electron chi connectivity index (χ2n) is 5.52. The van der Waals surface area contributed by atoms with Gasteiger partial charge >= 0.3 is 0 Å². The first-order valence-corrected chi connectivity index (χ1v) is 6.62. The number of aromatic amines is 1. The summed E-state index contributed by atoms with van der Waals surface area (Å²) in [6.07, 6.45) is 4.35. The summed E-state index contributed by atoms with van der Waals surface area (Å²) in [7, 11) is 0. The van der Waals surface area contributed by atoms with Gasteiger partial charge in [0.2, 0.25) is 5.88 Å². The lowest BCUT2D eigenvalue weighted by molar-refractivity contribution is 0.125. The molecule has 0 amide bonds. The number of ether oxygens (including phenoxy) is 1. The van der Waals surface area contributed by atoms with E-state index < -0.39 is 0 Å². The van der Waals surface area contributed by atoms with Crippen LogP contribution >= 0.6 is 0 Å². The Morgan fingerprint density at radius 1 is 1.35 bits per heavy atom. The third-order valence-electron chi connectivity index (χ3n) is 2.52. The Labute approximate surface area is 118 Å². The zero-order valence-electron chi connectivity index (χ0n) is 12.1. The van der Waals surface area contributed by atoms with Crippen LogP contribution in [0, 0.1) is 0 Å². The molecule has 0 bridgehead atoms. The van der Waals surface area contributed by atoms with Gasteiger partial charge in [0, 0.05) is 25.4 Å². The average molecular weight is 275 g/mol. The molecule has 2 heterocycles. The summed E-state index contributed by atoms with van der Waals surface area (Å²) in [6.45, 7) is 6.63. The number of hydrogen-bond donors (Lipinski definition) is 3. The first-order chi connectivity index (χ1) is 9.44. The summed E-state index contributed by atoms with van der Waals surface area (Å²) in [4.78, 5) is 11.6. The molecule has 0 saturated heterocycles. The number of nitrogens with two attached hydrogens (primary N) is 1. The van der Waals surface area contributed by atoms with Crippen LogP contribution in [0.4, 0.5) is 11.5 Å². The Balaban J connectivity index is 1.96. The Morgan fingerprint density at radius 2 is 2.15 bits per heavy atom. The smallest absolute Gasteiger partial charge is 0.239 e. The zero-order chi connectivity index (χ0) is 14.6. The third-order valence-corrected chi connectivity index (χ3v) is 2.52. The van der Waals surface area contributed by atoms with Crippen LogP contribution in [-0.2, 0) is 6.42 Å². The minimum absolute atomic E-state index is 0.325. The number of aromatic nitrogens is 3. The number of rotatable bonds is 5. The fourth-order valence-corrected chi connectivity index (χ4v) is 1.67. The van der Waals surface area contributed by atoms with Gasteiger partial charge in [0.25, 0.3) is 0 Å². The van der Waals surface area contributed by atoms with Crippen LogP contribution in [0.3, 0.4) is 0 Å². The largest absolute Gasteiger partial charge is 0.470 e. The standard InChI is InChI=1S/C14H21N5O/c1-14(2,3)20-13-10(15)4-5-12(19-13)16-7-6-11-17-8-9-18-11/h4-5,8-9H,6-7,15H2,1-3H3,(H,16,19)(H,17,18).